The van der Waals surface area contributed by atoms with Crippen LogP contribution in [0.3, 0.4) is 0 Å². The average molecular weight is 352 g/mol. The van der Waals surface area contributed by atoms with Crippen LogP contribution in [0.25, 0.3) is 11.0 Å². The van der Waals surface area contributed by atoms with Crippen molar-refractivity contribution in [3.05, 3.63) is 30.0 Å². The number of aromatic nitrogens is 2. The van der Waals surface area contributed by atoms with E-state index in [1.165, 1.54) is 19.3 Å². The summed E-state index contributed by atoms with van der Waals surface area (Å²) in [4.78, 5) is 24.3. The van der Waals surface area contributed by atoms with Crippen LogP contribution < -0.4 is 10.2 Å². The van der Waals surface area contributed by atoms with E-state index in [4.69, 9.17) is 9.97 Å². The van der Waals surface area contributed by atoms with Crippen LogP contribution in [0.5, 0.6) is 0 Å². The van der Waals surface area contributed by atoms with E-state index in [-0.39, 0.29) is 11.8 Å². The Balaban J connectivity index is 1.37. The van der Waals surface area contributed by atoms with E-state index in [0.717, 1.165) is 61.3 Å². The van der Waals surface area contributed by atoms with Crippen LogP contribution in [0.4, 0.5) is 5.82 Å². The first-order chi connectivity index (χ1) is 12.7. The molecule has 1 saturated carbocycles. The number of nitrogens with zero attached hydrogens (tertiary/aromatic N) is 3. The van der Waals surface area contributed by atoms with Crippen molar-refractivity contribution in [1.29, 1.82) is 0 Å². The molecule has 4 rings (SSSR count). The van der Waals surface area contributed by atoms with E-state index in [0.29, 0.717) is 6.04 Å². The third-order valence-corrected chi connectivity index (χ3v) is 5.84. The van der Waals surface area contributed by atoms with Crippen molar-refractivity contribution in [2.24, 2.45) is 5.92 Å². The maximum atomic E-state index is 12.5. The molecule has 1 aromatic heterocycles. The number of rotatable bonds is 3. The number of benzene rings is 1. The third kappa shape index (κ3) is 3.67. The Bertz CT molecular complexity index is 777. The number of hydrogen-bond donors (Lipinski definition) is 1. The molecule has 2 aliphatic rings. The number of carbonyl (C=O) groups is 1. The average Bonchev–Trinajstić information content (AvgIpc) is 2.69. The highest BCUT2D eigenvalue weighted by atomic mass is 16.1. The number of fused-ring (bicyclic) bond motifs is 1. The van der Waals surface area contributed by atoms with Gasteiger partial charge in [-0.05, 0) is 44.7 Å². The first-order valence-electron chi connectivity index (χ1n) is 9.99. The van der Waals surface area contributed by atoms with E-state index in [1.807, 2.05) is 31.2 Å². The number of hydrogen-bond acceptors (Lipinski definition) is 4. The van der Waals surface area contributed by atoms with Crippen LogP contribution in [-0.2, 0) is 4.79 Å². The van der Waals surface area contributed by atoms with E-state index in [1.54, 1.807) is 0 Å². The van der Waals surface area contributed by atoms with Crippen molar-refractivity contribution in [2.45, 2.75) is 57.9 Å². The molecule has 0 unspecified atom stereocenters. The Morgan fingerprint density at radius 2 is 1.65 bits per heavy atom. The fourth-order valence-corrected chi connectivity index (χ4v) is 4.30. The van der Waals surface area contributed by atoms with Gasteiger partial charge in [0.05, 0.1) is 16.7 Å². The summed E-state index contributed by atoms with van der Waals surface area (Å²) in [5.74, 6) is 1.51. The predicted molar refractivity (Wildman–Crippen MR) is 104 cm³/mol. The summed E-state index contributed by atoms with van der Waals surface area (Å²) < 4.78 is 0. The van der Waals surface area contributed by atoms with Gasteiger partial charge in [-0.3, -0.25) is 4.79 Å². The molecular formula is C21H28N4O. The van der Waals surface area contributed by atoms with Crippen LogP contribution in [0.2, 0.25) is 0 Å². The molecule has 2 aromatic rings. The monoisotopic (exact) mass is 352 g/mol. The third-order valence-electron chi connectivity index (χ3n) is 5.84. The lowest BCUT2D eigenvalue weighted by molar-refractivity contribution is -0.126. The van der Waals surface area contributed by atoms with Gasteiger partial charge in [0, 0.05) is 25.0 Å². The Morgan fingerprint density at radius 3 is 2.35 bits per heavy atom. The van der Waals surface area contributed by atoms with Crippen LogP contribution in [0.15, 0.2) is 24.3 Å². The summed E-state index contributed by atoms with van der Waals surface area (Å²) >= 11 is 0. The molecule has 1 aliphatic heterocycles. The van der Waals surface area contributed by atoms with Crippen molar-refractivity contribution in [1.82, 2.24) is 15.3 Å². The molecule has 2 fully saturated rings. The number of nitrogens with one attached hydrogen (secondary N) is 1. The molecule has 1 N–H and O–H groups in total. The molecule has 1 amide bonds. The fraction of sp³-hybridized carbons (Fsp3) is 0.571. The molecule has 138 valence electrons. The summed E-state index contributed by atoms with van der Waals surface area (Å²) in [6, 6.07) is 8.32. The van der Waals surface area contributed by atoms with Gasteiger partial charge in [0.2, 0.25) is 5.91 Å². The van der Waals surface area contributed by atoms with Crippen molar-refractivity contribution < 1.29 is 4.79 Å². The normalized spacial score (nSPS) is 19.7. The molecule has 1 aliphatic carbocycles. The minimum Gasteiger partial charge on any atom is -0.355 e. The van der Waals surface area contributed by atoms with E-state index < -0.39 is 0 Å². The number of carbonyl (C=O) groups excluding carboxylic acids is 1. The van der Waals surface area contributed by atoms with Gasteiger partial charge in [-0.15, -0.1) is 0 Å². The zero-order valence-corrected chi connectivity index (χ0v) is 15.6. The lowest BCUT2D eigenvalue weighted by atomic mass is 9.88. The van der Waals surface area contributed by atoms with Crippen molar-refractivity contribution in [2.75, 3.05) is 18.0 Å². The second kappa shape index (κ2) is 7.60. The molecule has 2 heterocycles. The molecule has 0 spiro atoms. The molecule has 1 aromatic carbocycles. The SMILES string of the molecule is Cc1nc2ccccc2nc1N1CCC(NC(=O)C2CCCCC2)CC1. The summed E-state index contributed by atoms with van der Waals surface area (Å²) in [7, 11) is 0. The summed E-state index contributed by atoms with van der Waals surface area (Å²) in [6.45, 7) is 3.87. The topological polar surface area (TPSA) is 58.1 Å². The Kier molecular flexibility index (Phi) is 5.05. The number of anilines is 1. The number of aryl methyl sites for hydroxylation is 1. The highest BCUT2D eigenvalue weighted by molar-refractivity contribution is 5.79. The zero-order chi connectivity index (χ0) is 17.9. The minimum absolute atomic E-state index is 0.246. The molecule has 5 nitrogen and oxygen atoms in total. The molecule has 0 atom stereocenters. The van der Waals surface area contributed by atoms with Gasteiger partial charge >= 0.3 is 0 Å². The van der Waals surface area contributed by atoms with Crippen LogP contribution in [-0.4, -0.2) is 35.0 Å². The van der Waals surface area contributed by atoms with Gasteiger partial charge in [0.15, 0.2) is 5.82 Å². The molecular weight excluding hydrogens is 324 g/mol. The van der Waals surface area contributed by atoms with Gasteiger partial charge in [0.25, 0.3) is 0 Å². The predicted octanol–water partition coefficient (Wildman–Crippen LogP) is 3.60. The maximum Gasteiger partial charge on any atom is 0.223 e. The molecule has 5 heteroatoms. The Hall–Kier alpha value is -2.17. The second-order valence-corrected chi connectivity index (χ2v) is 7.73. The highest BCUT2D eigenvalue weighted by Gasteiger charge is 2.26. The molecule has 1 saturated heterocycles. The Labute approximate surface area is 155 Å². The van der Waals surface area contributed by atoms with Crippen molar-refractivity contribution in [3.8, 4) is 0 Å². The van der Waals surface area contributed by atoms with Gasteiger partial charge in [-0.1, -0.05) is 31.4 Å². The largest absolute Gasteiger partial charge is 0.355 e. The minimum atomic E-state index is 0.246. The van der Waals surface area contributed by atoms with Crippen molar-refractivity contribution in [3.63, 3.8) is 0 Å². The highest BCUT2D eigenvalue weighted by Crippen LogP contribution is 2.26. The smallest absolute Gasteiger partial charge is 0.223 e. The number of piperidine rings is 1. The lowest BCUT2D eigenvalue weighted by Gasteiger charge is -2.34. The van der Waals surface area contributed by atoms with Gasteiger partial charge in [0.1, 0.15) is 0 Å². The summed E-state index contributed by atoms with van der Waals surface area (Å²) in [5.41, 5.74) is 2.87. The van der Waals surface area contributed by atoms with Gasteiger partial charge in [-0.2, -0.15) is 0 Å². The summed E-state index contributed by atoms with van der Waals surface area (Å²) in [6.07, 6.45) is 7.78. The molecule has 26 heavy (non-hydrogen) atoms. The van der Waals surface area contributed by atoms with Crippen molar-refractivity contribution >= 4 is 22.8 Å². The summed E-state index contributed by atoms with van der Waals surface area (Å²) in [5, 5.41) is 3.30. The number of para-hydroxylation sites is 2. The fourth-order valence-electron chi connectivity index (χ4n) is 4.30. The number of amides is 1. The van der Waals surface area contributed by atoms with Gasteiger partial charge < -0.3 is 10.2 Å². The van der Waals surface area contributed by atoms with Crippen LogP contribution in [0.1, 0.15) is 50.6 Å². The first-order valence-corrected chi connectivity index (χ1v) is 9.99. The molecule has 0 radical (unpaired) electrons. The quantitative estimate of drug-likeness (QED) is 0.917. The van der Waals surface area contributed by atoms with E-state index in [2.05, 4.69) is 10.2 Å². The lowest BCUT2D eigenvalue weighted by Crippen LogP contribution is -2.47. The standard InChI is InChI=1S/C21H28N4O/c1-15-20(24-19-10-6-5-9-18(19)22-15)25-13-11-17(12-14-25)23-21(26)16-7-3-2-4-8-16/h5-6,9-10,16-17H,2-4,7-8,11-14H2,1H3,(H,23,26). The van der Waals surface area contributed by atoms with E-state index >= 15 is 0 Å². The molecule has 0 bridgehead atoms. The zero-order valence-electron chi connectivity index (χ0n) is 15.6. The second-order valence-electron chi connectivity index (χ2n) is 7.73. The maximum absolute atomic E-state index is 12.5. The van der Waals surface area contributed by atoms with Crippen LogP contribution in [0, 0.1) is 12.8 Å². The van der Waals surface area contributed by atoms with Crippen LogP contribution >= 0.6 is 0 Å². The first kappa shape index (κ1) is 17.3. The Morgan fingerprint density at radius 1 is 1.00 bits per heavy atom. The van der Waals surface area contributed by atoms with Gasteiger partial charge in [-0.25, -0.2) is 9.97 Å². The van der Waals surface area contributed by atoms with E-state index in [9.17, 15) is 4.79 Å².